The van der Waals surface area contributed by atoms with Gasteiger partial charge in [-0.3, -0.25) is 4.79 Å². The average Bonchev–Trinajstić information content (AvgIpc) is 2.46. The zero-order valence-corrected chi connectivity index (χ0v) is 10.0. The number of carbonyl (C=O) groups is 1. The van der Waals surface area contributed by atoms with E-state index in [2.05, 4.69) is 11.8 Å². The molecule has 4 heteroatoms. The summed E-state index contributed by atoms with van der Waals surface area (Å²) in [6.07, 6.45) is -0.291. The third-order valence-corrected chi connectivity index (χ3v) is 2.72. The number of rotatable bonds is 1. The fourth-order valence-electron chi connectivity index (χ4n) is 1.74. The first-order valence-electron chi connectivity index (χ1n) is 5.88. The van der Waals surface area contributed by atoms with Crippen LogP contribution in [-0.2, 0) is 9.53 Å². The first-order valence-corrected chi connectivity index (χ1v) is 5.88. The third-order valence-electron chi connectivity index (χ3n) is 2.72. The van der Waals surface area contributed by atoms with E-state index in [1.165, 1.54) is 0 Å². The Bertz CT molecular complexity index is 461. The molecule has 0 aliphatic carbocycles. The second-order valence-corrected chi connectivity index (χ2v) is 4.04. The van der Waals surface area contributed by atoms with Gasteiger partial charge in [0.1, 0.15) is 0 Å². The highest BCUT2D eigenvalue weighted by Crippen LogP contribution is 2.04. The Labute approximate surface area is 106 Å². The van der Waals surface area contributed by atoms with E-state index in [0.29, 0.717) is 19.7 Å². The predicted octanol–water partition coefficient (Wildman–Crippen LogP) is 0.258. The second kappa shape index (κ2) is 6.20. The van der Waals surface area contributed by atoms with E-state index in [1.807, 2.05) is 30.3 Å². The van der Waals surface area contributed by atoms with E-state index in [0.717, 1.165) is 5.56 Å². The zero-order valence-electron chi connectivity index (χ0n) is 10.0. The van der Waals surface area contributed by atoms with Crippen LogP contribution in [0.3, 0.4) is 0 Å². The highest BCUT2D eigenvalue weighted by atomic mass is 16.5. The van der Waals surface area contributed by atoms with E-state index in [-0.39, 0.29) is 18.6 Å². The van der Waals surface area contributed by atoms with E-state index >= 15 is 0 Å². The Kier molecular flexibility index (Phi) is 4.35. The molecule has 94 valence electrons. The van der Waals surface area contributed by atoms with Crippen LogP contribution in [0.4, 0.5) is 0 Å². The molecule has 1 aliphatic rings. The molecular formula is C14H15NO3. The molecule has 1 atom stereocenters. The molecule has 1 heterocycles. The number of benzene rings is 1. The van der Waals surface area contributed by atoms with Gasteiger partial charge < -0.3 is 14.7 Å². The summed E-state index contributed by atoms with van der Waals surface area (Å²) < 4.78 is 5.28. The molecule has 0 radical (unpaired) electrons. The van der Waals surface area contributed by atoms with Crippen LogP contribution in [0.2, 0.25) is 0 Å². The molecule has 1 amide bonds. The van der Waals surface area contributed by atoms with Crippen molar-refractivity contribution in [1.82, 2.24) is 4.90 Å². The van der Waals surface area contributed by atoms with Gasteiger partial charge in [0, 0.05) is 18.0 Å². The molecule has 2 rings (SSSR count). The van der Waals surface area contributed by atoms with Crippen molar-refractivity contribution in [3.8, 4) is 11.8 Å². The minimum absolute atomic E-state index is 0.0735. The number of ether oxygens (including phenoxy) is 1. The van der Waals surface area contributed by atoms with E-state index in [4.69, 9.17) is 9.84 Å². The van der Waals surface area contributed by atoms with Crippen LogP contribution < -0.4 is 0 Å². The maximum Gasteiger partial charge on any atom is 0.298 e. The van der Waals surface area contributed by atoms with Gasteiger partial charge in [0.05, 0.1) is 25.9 Å². The largest absolute Gasteiger partial charge is 0.394 e. The number of hydrogen-bond acceptors (Lipinski definition) is 3. The third kappa shape index (κ3) is 3.33. The van der Waals surface area contributed by atoms with Crippen LogP contribution >= 0.6 is 0 Å². The second-order valence-electron chi connectivity index (χ2n) is 4.04. The Morgan fingerprint density at radius 2 is 2.22 bits per heavy atom. The summed E-state index contributed by atoms with van der Waals surface area (Å²) in [6, 6.07) is 9.38. The molecule has 0 spiro atoms. The Morgan fingerprint density at radius 1 is 1.44 bits per heavy atom. The van der Waals surface area contributed by atoms with Gasteiger partial charge in [0.25, 0.3) is 5.91 Å². The van der Waals surface area contributed by atoms with Crippen molar-refractivity contribution in [2.75, 3.05) is 26.3 Å². The quantitative estimate of drug-likeness (QED) is 0.722. The van der Waals surface area contributed by atoms with Crippen molar-refractivity contribution < 1.29 is 14.6 Å². The molecule has 0 bridgehead atoms. The lowest BCUT2D eigenvalue weighted by Crippen LogP contribution is -2.46. The lowest BCUT2D eigenvalue weighted by Gasteiger charge is -2.30. The van der Waals surface area contributed by atoms with Gasteiger partial charge in [-0.05, 0) is 12.1 Å². The molecule has 1 aromatic carbocycles. The van der Waals surface area contributed by atoms with Crippen molar-refractivity contribution in [3.05, 3.63) is 35.9 Å². The lowest BCUT2D eigenvalue weighted by molar-refractivity contribution is -0.134. The van der Waals surface area contributed by atoms with Crippen molar-refractivity contribution >= 4 is 5.91 Å². The summed E-state index contributed by atoms with van der Waals surface area (Å²) in [6.45, 7) is 1.30. The van der Waals surface area contributed by atoms with Gasteiger partial charge in [0.15, 0.2) is 0 Å². The number of aliphatic hydroxyl groups is 1. The van der Waals surface area contributed by atoms with Gasteiger partial charge in [-0.1, -0.05) is 24.1 Å². The molecule has 1 aromatic rings. The maximum atomic E-state index is 11.8. The molecule has 1 fully saturated rings. The molecule has 18 heavy (non-hydrogen) atoms. The monoisotopic (exact) mass is 245 g/mol. The van der Waals surface area contributed by atoms with Crippen LogP contribution in [0, 0.1) is 11.8 Å². The van der Waals surface area contributed by atoms with Crippen molar-refractivity contribution in [2.45, 2.75) is 6.10 Å². The summed E-state index contributed by atoms with van der Waals surface area (Å²) in [4.78, 5) is 13.5. The summed E-state index contributed by atoms with van der Waals surface area (Å²) >= 11 is 0. The summed E-state index contributed by atoms with van der Waals surface area (Å²) in [5.41, 5.74) is 0.817. The van der Waals surface area contributed by atoms with Crippen molar-refractivity contribution in [3.63, 3.8) is 0 Å². The van der Waals surface area contributed by atoms with E-state index in [1.54, 1.807) is 4.90 Å². The fourth-order valence-corrected chi connectivity index (χ4v) is 1.74. The van der Waals surface area contributed by atoms with Gasteiger partial charge in [0.2, 0.25) is 0 Å². The average molecular weight is 245 g/mol. The summed E-state index contributed by atoms with van der Waals surface area (Å²) in [5.74, 6) is 5.22. The number of morpholine rings is 1. The van der Waals surface area contributed by atoms with E-state index < -0.39 is 0 Å². The van der Waals surface area contributed by atoms with Gasteiger partial charge in [-0.25, -0.2) is 0 Å². The van der Waals surface area contributed by atoms with Crippen molar-refractivity contribution in [2.24, 2.45) is 0 Å². The first-order chi connectivity index (χ1) is 8.79. The molecule has 0 saturated carbocycles. The molecule has 4 nitrogen and oxygen atoms in total. The molecule has 1 aliphatic heterocycles. The zero-order chi connectivity index (χ0) is 12.8. The Hall–Kier alpha value is -1.83. The topological polar surface area (TPSA) is 49.8 Å². The first kappa shape index (κ1) is 12.6. The smallest absolute Gasteiger partial charge is 0.298 e. The molecule has 1 unspecified atom stereocenters. The predicted molar refractivity (Wildman–Crippen MR) is 66.7 cm³/mol. The van der Waals surface area contributed by atoms with Crippen LogP contribution in [0.15, 0.2) is 30.3 Å². The van der Waals surface area contributed by atoms with Crippen LogP contribution in [0.5, 0.6) is 0 Å². The van der Waals surface area contributed by atoms with Crippen molar-refractivity contribution in [1.29, 1.82) is 0 Å². The maximum absolute atomic E-state index is 11.8. The fraction of sp³-hybridized carbons (Fsp3) is 0.357. The number of amides is 1. The standard InChI is InChI=1S/C14H15NO3/c16-11-13-10-15(8-9-18-13)14(17)7-6-12-4-2-1-3-5-12/h1-5,13,16H,8-11H2. The number of carbonyl (C=O) groups excluding carboxylic acids is 1. The number of nitrogens with zero attached hydrogens (tertiary/aromatic N) is 1. The van der Waals surface area contributed by atoms with Crippen LogP contribution in [0.1, 0.15) is 5.56 Å². The summed E-state index contributed by atoms with van der Waals surface area (Å²) in [5, 5.41) is 9.00. The Morgan fingerprint density at radius 3 is 2.94 bits per heavy atom. The van der Waals surface area contributed by atoms with Gasteiger partial charge in [-0.2, -0.15) is 0 Å². The molecule has 0 aromatic heterocycles. The minimum atomic E-state index is -0.291. The SMILES string of the molecule is O=C(C#Cc1ccccc1)N1CCOC(CO)C1. The minimum Gasteiger partial charge on any atom is -0.394 e. The summed E-state index contributed by atoms with van der Waals surface area (Å²) in [7, 11) is 0. The molecule has 1 N–H and O–H groups in total. The van der Waals surface area contributed by atoms with E-state index in [9.17, 15) is 4.79 Å². The molecular weight excluding hydrogens is 230 g/mol. The number of aliphatic hydroxyl groups excluding tert-OH is 1. The lowest BCUT2D eigenvalue weighted by atomic mass is 10.2. The highest BCUT2D eigenvalue weighted by molar-refractivity contribution is 5.94. The van der Waals surface area contributed by atoms with Gasteiger partial charge >= 0.3 is 0 Å². The number of hydrogen-bond donors (Lipinski definition) is 1. The van der Waals surface area contributed by atoms with Crippen LogP contribution in [0.25, 0.3) is 0 Å². The van der Waals surface area contributed by atoms with Crippen LogP contribution in [-0.4, -0.2) is 48.3 Å². The highest BCUT2D eigenvalue weighted by Gasteiger charge is 2.22. The normalized spacial score (nSPS) is 18.9. The Balaban J connectivity index is 1.98. The van der Waals surface area contributed by atoms with Gasteiger partial charge in [-0.15, -0.1) is 0 Å². The molecule has 1 saturated heterocycles.